The van der Waals surface area contributed by atoms with Gasteiger partial charge >= 0.3 is 11.9 Å². The van der Waals surface area contributed by atoms with Gasteiger partial charge in [-0.2, -0.15) is 0 Å². The Morgan fingerprint density at radius 2 is 1.31 bits per heavy atom. The van der Waals surface area contributed by atoms with E-state index in [-0.39, 0.29) is 61.0 Å². The number of allylic oxidation sites excluding steroid dienone is 2. The lowest BCUT2D eigenvalue weighted by atomic mass is 9.41. The van der Waals surface area contributed by atoms with Gasteiger partial charge in [-0.25, -0.2) is 0 Å². The van der Waals surface area contributed by atoms with Gasteiger partial charge in [-0.1, -0.05) is 60.7 Å². The lowest BCUT2D eigenvalue weighted by Gasteiger charge is -2.63. The van der Waals surface area contributed by atoms with Gasteiger partial charge in [0.15, 0.2) is 11.6 Å². The van der Waals surface area contributed by atoms with Crippen LogP contribution < -0.4 is 0 Å². The van der Waals surface area contributed by atoms with Crippen LogP contribution in [0.3, 0.4) is 0 Å². The quantitative estimate of drug-likeness (QED) is 0.497. The number of ether oxygens (including phenoxy) is 4. The van der Waals surface area contributed by atoms with Gasteiger partial charge in [-0.15, -0.1) is 0 Å². The number of carbonyl (C=O) groups excluding carboxylic acids is 4. The van der Waals surface area contributed by atoms with Crippen molar-refractivity contribution in [3.63, 3.8) is 0 Å². The van der Waals surface area contributed by atoms with Gasteiger partial charge in [0.1, 0.15) is 41.3 Å². The van der Waals surface area contributed by atoms with Gasteiger partial charge in [-0.05, 0) is 17.2 Å². The molecule has 3 saturated heterocycles. The van der Waals surface area contributed by atoms with Crippen LogP contribution in [0.5, 0.6) is 0 Å². The minimum atomic E-state index is -1.26. The Balaban J connectivity index is 1.25. The number of rotatable bonds is 2. The topological polar surface area (TPSA) is 105 Å². The molecule has 4 aliphatic heterocycles. The standard InChI is InChI=1S/C34H28O8/c35-21-14-22(16-7-3-1-4-8-16)40-33-28(21)19-12-26(37)42-32(19)29-18-11-25-34(30(29)33,20-13-27(38)41-31(18)20)24(36)15-23(39-25)17-9-5-2-6-10-17/h1-11,18-20,22-23,29-32H,12-15H2/t18?,19-,20+,22-,23-,29-,30+,31+,32-,34?/m1/s1. The zero-order chi connectivity index (χ0) is 28.3. The summed E-state index contributed by atoms with van der Waals surface area (Å²) < 4.78 is 25.4. The lowest BCUT2D eigenvalue weighted by Crippen LogP contribution is -2.68. The number of benzene rings is 2. The molecule has 10 rings (SSSR count). The van der Waals surface area contributed by atoms with Crippen molar-refractivity contribution in [1.29, 1.82) is 0 Å². The van der Waals surface area contributed by atoms with E-state index < -0.39 is 47.6 Å². The monoisotopic (exact) mass is 564 g/mol. The number of Topliss-reactive ketones (excluding diaryl/α,β-unsaturated/α-hetero) is 2. The maximum atomic E-state index is 14.8. The van der Waals surface area contributed by atoms with Gasteiger partial charge < -0.3 is 18.9 Å². The molecule has 4 heterocycles. The number of esters is 2. The summed E-state index contributed by atoms with van der Waals surface area (Å²) >= 11 is 0. The SMILES string of the molecule is O=C1C[C@@H]2C3=C(O[C@@H](c4ccccc4)CC3=O)[C@@H]3[C@@H](C4C=C5O[C@@H](c6ccccc6)CC(=O)C53[C@H]3CC(=O)O[C@@H]43)[C@@H]2O1. The largest absolute Gasteiger partial charge is 0.489 e. The van der Waals surface area contributed by atoms with E-state index in [9.17, 15) is 19.2 Å². The Morgan fingerprint density at radius 1 is 0.667 bits per heavy atom. The molecule has 8 heteroatoms. The van der Waals surface area contributed by atoms with Crippen molar-refractivity contribution in [3.05, 3.63) is 95.0 Å². The van der Waals surface area contributed by atoms with E-state index in [2.05, 4.69) is 0 Å². The molecule has 8 nitrogen and oxygen atoms in total. The van der Waals surface area contributed by atoms with Crippen LogP contribution in [0, 0.1) is 35.0 Å². The Morgan fingerprint density at radius 3 is 2.02 bits per heavy atom. The van der Waals surface area contributed by atoms with E-state index in [0.717, 1.165) is 11.1 Å². The summed E-state index contributed by atoms with van der Waals surface area (Å²) in [6, 6.07) is 19.3. The van der Waals surface area contributed by atoms with Crippen molar-refractivity contribution in [2.24, 2.45) is 35.0 Å². The van der Waals surface area contributed by atoms with Crippen molar-refractivity contribution >= 4 is 23.5 Å². The van der Waals surface area contributed by atoms with Crippen LogP contribution in [0.2, 0.25) is 0 Å². The summed E-state index contributed by atoms with van der Waals surface area (Å²) in [7, 11) is 0. The molecule has 42 heavy (non-hydrogen) atoms. The van der Waals surface area contributed by atoms with Crippen LogP contribution in [0.25, 0.3) is 0 Å². The molecule has 1 spiro atoms. The highest BCUT2D eigenvalue weighted by molar-refractivity contribution is 6.00. The van der Waals surface area contributed by atoms with Crippen molar-refractivity contribution in [1.82, 2.24) is 0 Å². The fourth-order valence-corrected chi connectivity index (χ4v) is 9.35. The van der Waals surface area contributed by atoms with Gasteiger partial charge in [0, 0.05) is 41.6 Å². The molecule has 4 aliphatic carbocycles. The van der Waals surface area contributed by atoms with Crippen LogP contribution in [0.4, 0.5) is 0 Å². The Kier molecular flexibility index (Phi) is 4.90. The maximum Gasteiger partial charge on any atom is 0.306 e. The van der Waals surface area contributed by atoms with Crippen LogP contribution in [-0.4, -0.2) is 35.7 Å². The summed E-state index contributed by atoms with van der Waals surface area (Å²) in [4.78, 5) is 54.4. The Bertz CT molecular complexity index is 1630. The molecule has 4 fully saturated rings. The molecule has 2 aromatic rings. The van der Waals surface area contributed by atoms with Crippen LogP contribution in [0.15, 0.2) is 83.8 Å². The van der Waals surface area contributed by atoms with E-state index in [4.69, 9.17) is 18.9 Å². The predicted molar refractivity (Wildman–Crippen MR) is 144 cm³/mol. The average Bonchev–Trinajstić information content (AvgIpc) is 3.60. The smallest absolute Gasteiger partial charge is 0.306 e. The molecule has 2 unspecified atom stereocenters. The fourth-order valence-electron chi connectivity index (χ4n) is 9.35. The van der Waals surface area contributed by atoms with E-state index in [1.54, 1.807) is 0 Å². The van der Waals surface area contributed by atoms with Crippen molar-refractivity contribution < 1.29 is 38.1 Å². The molecular formula is C34H28O8. The van der Waals surface area contributed by atoms with Crippen molar-refractivity contribution in [3.8, 4) is 0 Å². The molecule has 2 bridgehead atoms. The summed E-state index contributed by atoms with van der Waals surface area (Å²) in [5.41, 5.74) is 0.981. The van der Waals surface area contributed by atoms with E-state index in [1.165, 1.54) is 0 Å². The fraction of sp³-hybridized carbons (Fsp3) is 0.412. The van der Waals surface area contributed by atoms with Gasteiger partial charge in [0.05, 0.1) is 19.3 Å². The number of hydrogen-bond donors (Lipinski definition) is 0. The van der Waals surface area contributed by atoms with Gasteiger partial charge in [0.25, 0.3) is 0 Å². The van der Waals surface area contributed by atoms with Crippen LogP contribution in [-0.2, 0) is 38.1 Å². The molecule has 0 aromatic heterocycles. The normalized spacial score (nSPS) is 40.9. The van der Waals surface area contributed by atoms with Gasteiger partial charge in [-0.3, -0.25) is 19.2 Å². The minimum absolute atomic E-state index is 0.0530. The number of ketones is 2. The summed E-state index contributed by atoms with van der Waals surface area (Å²) in [5.74, 6) is -2.11. The zero-order valence-corrected chi connectivity index (χ0v) is 22.6. The Hall–Kier alpha value is -4.20. The van der Waals surface area contributed by atoms with E-state index in [1.807, 2.05) is 66.7 Å². The van der Waals surface area contributed by atoms with Crippen LogP contribution >= 0.6 is 0 Å². The first kappa shape index (κ1) is 24.4. The second-order valence-corrected chi connectivity index (χ2v) is 12.6. The molecule has 0 amide bonds. The predicted octanol–water partition coefficient (Wildman–Crippen LogP) is 4.33. The number of carbonyl (C=O) groups is 4. The van der Waals surface area contributed by atoms with Crippen molar-refractivity contribution in [2.75, 3.05) is 0 Å². The number of fused-ring (bicyclic) bond motifs is 2. The summed E-state index contributed by atoms with van der Waals surface area (Å²) in [5, 5.41) is 0. The molecule has 1 saturated carbocycles. The maximum absolute atomic E-state index is 14.8. The van der Waals surface area contributed by atoms with E-state index in [0.29, 0.717) is 17.1 Å². The molecule has 0 radical (unpaired) electrons. The molecule has 8 aliphatic rings. The highest BCUT2D eigenvalue weighted by Crippen LogP contribution is 2.71. The van der Waals surface area contributed by atoms with Crippen molar-refractivity contribution in [2.45, 2.75) is 50.1 Å². The lowest BCUT2D eigenvalue weighted by molar-refractivity contribution is -0.198. The highest BCUT2D eigenvalue weighted by Gasteiger charge is 2.77. The summed E-state index contributed by atoms with van der Waals surface area (Å²) in [6.07, 6.45) is 0.251. The Labute approximate surface area is 241 Å². The minimum Gasteiger partial charge on any atom is -0.489 e. The second-order valence-electron chi connectivity index (χ2n) is 12.6. The average molecular weight is 565 g/mol. The summed E-state index contributed by atoms with van der Waals surface area (Å²) in [6.45, 7) is 0. The molecular weight excluding hydrogens is 536 g/mol. The second kappa shape index (κ2) is 8.43. The highest BCUT2D eigenvalue weighted by atomic mass is 16.6. The first-order chi connectivity index (χ1) is 20.4. The van der Waals surface area contributed by atoms with E-state index >= 15 is 0 Å². The third-order valence-electron chi connectivity index (χ3n) is 10.8. The number of hydrogen-bond acceptors (Lipinski definition) is 8. The van der Waals surface area contributed by atoms with Gasteiger partial charge in [0.2, 0.25) is 0 Å². The molecule has 212 valence electrons. The third kappa shape index (κ3) is 3.02. The molecule has 10 atom stereocenters. The first-order valence-electron chi connectivity index (χ1n) is 14.8. The zero-order valence-electron chi connectivity index (χ0n) is 22.6. The third-order valence-corrected chi connectivity index (χ3v) is 10.8. The first-order valence-corrected chi connectivity index (χ1v) is 14.8. The molecule has 0 N–H and O–H groups in total. The van der Waals surface area contributed by atoms with Crippen LogP contribution in [0.1, 0.15) is 49.0 Å². The molecule has 2 aromatic carbocycles.